The quantitative estimate of drug-likeness (QED) is 0.405. The van der Waals surface area contributed by atoms with Crippen molar-refractivity contribution in [3.05, 3.63) is 0 Å². The van der Waals surface area contributed by atoms with Crippen molar-refractivity contribution in [2.45, 2.75) is 0 Å². The van der Waals surface area contributed by atoms with E-state index >= 15 is 0 Å². The first-order valence-electron chi connectivity index (χ1n) is 1.41. The zero-order chi connectivity index (χ0) is 2.83. The average Bonchev–Trinajstić information content (AvgIpc) is 0.722. The minimum Gasteiger partial charge on any atom is -0.309 e. The summed E-state index contributed by atoms with van der Waals surface area (Å²) in [6.07, 6.45) is 2.56. The molecule has 1 rings (SSSR count). The highest BCUT2D eigenvalue weighted by atomic mass is 31.1. The lowest BCUT2D eigenvalue weighted by Crippen LogP contribution is -2.20. The number of hydrogen-bond donors (Lipinski definition) is 1. The molecule has 1 N–H and O–H groups in total. The highest BCUT2D eigenvalue weighted by molar-refractivity contribution is 7.39. The minimum atomic E-state index is 1.21. The number of nitrogens with one attached hydrogen (secondary N) is 1. The fraction of sp³-hybridized carbons (Fsp3) is 1.00. The summed E-state index contributed by atoms with van der Waals surface area (Å²) in [5, 5.41) is 3.12. The Kier molecular flexibility index (Phi) is 0.658. The van der Waals surface area contributed by atoms with E-state index in [1.165, 1.54) is 21.2 Å². The number of rotatable bonds is 0. The predicted molar refractivity (Wildman–Crippen MR) is 21.2 cm³/mol. The predicted octanol–water partition coefficient (Wildman–Crippen LogP) is 0.183. The van der Waals surface area contributed by atoms with Gasteiger partial charge in [0.25, 0.3) is 0 Å². The molecule has 1 heterocycles. The SMILES string of the molecule is C1NCP1. The summed E-state index contributed by atoms with van der Waals surface area (Å²) >= 11 is 0. The van der Waals surface area contributed by atoms with Crippen LogP contribution in [0.1, 0.15) is 0 Å². The molecule has 4 heavy (non-hydrogen) atoms. The molecule has 0 aromatic heterocycles. The van der Waals surface area contributed by atoms with Gasteiger partial charge in [-0.2, -0.15) is 0 Å². The molecule has 2 heteroatoms. The van der Waals surface area contributed by atoms with E-state index in [0.717, 1.165) is 0 Å². The van der Waals surface area contributed by atoms with Crippen molar-refractivity contribution < 1.29 is 0 Å². The maximum absolute atomic E-state index is 3.12. The van der Waals surface area contributed by atoms with E-state index in [9.17, 15) is 0 Å². The molecular weight excluding hydrogens is 69.0 g/mol. The molecule has 0 unspecified atom stereocenters. The summed E-state index contributed by atoms with van der Waals surface area (Å²) in [6, 6.07) is 0. The molecule has 0 saturated carbocycles. The molecule has 1 aliphatic heterocycles. The molecule has 0 aliphatic carbocycles. The van der Waals surface area contributed by atoms with Crippen molar-refractivity contribution in [3.8, 4) is 0 Å². The van der Waals surface area contributed by atoms with Gasteiger partial charge in [-0.3, -0.25) is 0 Å². The van der Waals surface area contributed by atoms with Gasteiger partial charge in [0, 0.05) is 12.6 Å². The first-order chi connectivity index (χ1) is 2.00. The van der Waals surface area contributed by atoms with Crippen LogP contribution in [0.3, 0.4) is 0 Å². The lowest BCUT2D eigenvalue weighted by Gasteiger charge is -2.10. The van der Waals surface area contributed by atoms with Crippen LogP contribution in [0.5, 0.6) is 0 Å². The summed E-state index contributed by atoms with van der Waals surface area (Å²) in [6.45, 7) is 0. The van der Waals surface area contributed by atoms with Gasteiger partial charge in [0.15, 0.2) is 0 Å². The molecule has 0 amide bonds. The van der Waals surface area contributed by atoms with Gasteiger partial charge in [-0.05, 0) is 0 Å². The average molecular weight is 75.1 g/mol. The zero-order valence-corrected chi connectivity index (χ0v) is 3.41. The van der Waals surface area contributed by atoms with Gasteiger partial charge in [0.05, 0.1) is 0 Å². The highest BCUT2D eigenvalue weighted by Crippen LogP contribution is 2.11. The van der Waals surface area contributed by atoms with Crippen molar-refractivity contribution >= 4 is 8.58 Å². The van der Waals surface area contributed by atoms with Gasteiger partial charge in [-0.15, -0.1) is 0 Å². The van der Waals surface area contributed by atoms with Gasteiger partial charge in [-0.25, -0.2) is 0 Å². The molecule has 0 bridgehead atoms. The molecule has 1 aliphatic rings. The molecule has 1 saturated heterocycles. The largest absolute Gasteiger partial charge is 0.309 e. The van der Waals surface area contributed by atoms with Crippen molar-refractivity contribution in [2.75, 3.05) is 12.6 Å². The second-order valence-electron chi connectivity index (χ2n) is 0.854. The lowest BCUT2D eigenvalue weighted by molar-refractivity contribution is 0.878. The van der Waals surface area contributed by atoms with Gasteiger partial charge >= 0.3 is 0 Å². The highest BCUT2D eigenvalue weighted by Gasteiger charge is 1.91. The standard InChI is InChI=1S/C2H6NP/c1-3-2-4-1/h3-4H,1-2H2. The Morgan fingerprint density at radius 2 is 1.75 bits per heavy atom. The van der Waals surface area contributed by atoms with Crippen molar-refractivity contribution in [2.24, 2.45) is 0 Å². The van der Waals surface area contributed by atoms with Crippen LogP contribution in [0.4, 0.5) is 0 Å². The summed E-state index contributed by atoms with van der Waals surface area (Å²) in [5.41, 5.74) is 0. The monoisotopic (exact) mass is 75.0 g/mol. The van der Waals surface area contributed by atoms with E-state index in [0.29, 0.717) is 0 Å². The molecule has 0 aromatic rings. The Morgan fingerprint density at radius 1 is 1.50 bits per heavy atom. The van der Waals surface area contributed by atoms with E-state index in [1.807, 2.05) is 0 Å². The smallest absolute Gasteiger partial charge is 0.0142 e. The van der Waals surface area contributed by atoms with E-state index < -0.39 is 0 Å². The molecule has 1 fully saturated rings. The fourth-order valence-electron chi connectivity index (χ4n) is 0.125. The minimum absolute atomic E-state index is 1.21. The van der Waals surface area contributed by atoms with Crippen LogP contribution in [0.25, 0.3) is 0 Å². The molecule has 0 spiro atoms. The summed E-state index contributed by atoms with van der Waals surface area (Å²) in [4.78, 5) is 0. The first kappa shape index (κ1) is 2.62. The van der Waals surface area contributed by atoms with E-state index in [2.05, 4.69) is 5.32 Å². The van der Waals surface area contributed by atoms with Crippen LogP contribution in [-0.2, 0) is 0 Å². The lowest BCUT2D eigenvalue weighted by atomic mass is 11.2. The zero-order valence-electron chi connectivity index (χ0n) is 2.41. The van der Waals surface area contributed by atoms with E-state index in [-0.39, 0.29) is 0 Å². The Labute approximate surface area is 27.6 Å². The van der Waals surface area contributed by atoms with E-state index in [4.69, 9.17) is 0 Å². The van der Waals surface area contributed by atoms with Gasteiger partial charge in [-0.1, -0.05) is 8.58 Å². The Balaban J connectivity index is 2.00. The summed E-state index contributed by atoms with van der Waals surface area (Å²) in [7, 11) is 1.21. The maximum atomic E-state index is 3.12. The van der Waals surface area contributed by atoms with Crippen molar-refractivity contribution in [1.29, 1.82) is 0 Å². The fourth-order valence-corrected chi connectivity index (χ4v) is 0.375. The van der Waals surface area contributed by atoms with Gasteiger partial charge < -0.3 is 5.32 Å². The van der Waals surface area contributed by atoms with Crippen LogP contribution < -0.4 is 5.32 Å². The Bertz CT molecular complexity index is 14.0. The molecule has 1 nitrogen and oxygen atoms in total. The van der Waals surface area contributed by atoms with Gasteiger partial charge in [0.2, 0.25) is 0 Å². The van der Waals surface area contributed by atoms with Gasteiger partial charge in [0.1, 0.15) is 0 Å². The molecule has 24 valence electrons. The van der Waals surface area contributed by atoms with Crippen molar-refractivity contribution in [3.63, 3.8) is 0 Å². The summed E-state index contributed by atoms with van der Waals surface area (Å²) < 4.78 is 0. The van der Waals surface area contributed by atoms with Crippen molar-refractivity contribution in [1.82, 2.24) is 5.32 Å². The third-order valence-corrected chi connectivity index (χ3v) is 1.50. The number of hydrogen-bond acceptors (Lipinski definition) is 1. The second kappa shape index (κ2) is 1.00. The molecular formula is C2H6NP. The van der Waals surface area contributed by atoms with Crippen LogP contribution in [0.2, 0.25) is 0 Å². The van der Waals surface area contributed by atoms with Crippen LogP contribution in [-0.4, -0.2) is 12.6 Å². The maximum Gasteiger partial charge on any atom is 0.0142 e. The third kappa shape index (κ3) is 0.240. The second-order valence-corrected chi connectivity index (χ2v) is 2.06. The van der Waals surface area contributed by atoms with Crippen LogP contribution in [0.15, 0.2) is 0 Å². The van der Waals surface area contributed by atoms with Crippen LogP contribution >= 0.6 is 8.58 Å². The first-order valence-corrected chi connectivity index (χ1v) is 2.83. The summed E-state index contributed by atoms with van der Waals surface area (Å²) in [5.74, 6) is 0. The normalized spacial score (nSPS) is 24.0. The van der Waals surface area contributed by atoms with Crippen LogP contribution in [0, 0.1) is 0 Å². The molecule has 0 radical (unpaired) electrons. The Hall–Kier alpha value is 0.390. The molecule has 0 atom stereocenters. The Morgan fingerprint density at radius 3 is 1.75 bits per heavy atom. The molecule has 0 aromatic carbocycles. The topological polar surface area (TPSA) is 12.0 Å². The van der Waals surface area contributed by atoms with E-state index in [1.54, 1.807) is 0 Å². The third-order valence-electron chi connectivity index (χ3n) is 0.500.